The molecule has 2 unspecified atom stereocenters. The second-order valence-electron chi connectivity index (χ2n) is 6.60. The number of aliphatic hydroxyl groups is 1. The molecule has 0 radical (unpaired) electrons. The van der Waals surface area contributed by atoms with Crippen LogP contribution in [-0.2, 0) is 14.3 Å². The number of aromatic nitrogens is 2. The van der Waals surface area contributed by atoms with Gasteiger partial charge < -0.3 is 24.1 Å². The Balaban J connectivity index is 0.000000557. The first-order valence-corrected chi connectivity index (χ1v) is 12.7. The predicted octanol–water partition coefficient (Wildman–Crippen LogP) is 3.06. The number of aryl methyl sites for hydroxylation is 1. The van der Waals surface area contributed by atoms with Gasteiger partial charge in [-0.1, -0.05) is 32.0 Å². The van der Waals surface area contributed by atoms with Crippen molar-refractivity contribution in [2.24, 2.45) is 0 Å². The minimum absolute atomic E-state index is 0.173. The Morgan fingerprint density at radius 3 is 2.26 bits per heavy atom. The van der Waals surface area contributed by atoms with Crippen LogP contribution in [0.15, 0.2) is 46.1 Å². The Bertz CT molecular complexity index is 878. The zero-order valence-corrected chi connectivity index (χ0v) is 21.5. The number of esters is 1. The van der Waals surface area contributed by atoms with Crippen molar-refractivity contribution >= 4 is 14.3 Å². The number of ether oxygens (including phenoxy) is 2. The first-order chi connectivity index (χ1) is 16.4. The normalized spacial score (nSPS) is 13.5. The van der Waals surface area contributed by atoms with Crippen LogP contribution in [0.25, 0.3) is 0 Å². The average Bonchev–Trinajstić information content (AvgIpc) is 3.44. The second-order valence-corrected chi connectivity index (χ2v) is 8.08. The molecule has 11 heteroatoms. The van der Waals surface area contributed by atoms with Crippen LogP contribution < -0.4 is 20.9 Å². The molecule has 2 heterocycles. The number of H-pyrrole nitrogens is 2. The maximum atomic E-state index is 11.4. The van der Waals surface area contributed by atoms with Gasteiger partial charge in [0.15, 0.2) is 8.30 Å². The zero-order valence-electron chi connectivity index (χ0n) is 20.6. The lowest BCUT2D eigenvalue weighted by Crippen LogP contribution is -2.33. The Hall–Kier alpha value is -2.52. The van der Waals surface area contributed by atoms with Gasteiger partial charge in [-0.2, -0.15) is 0 Å². The van der Waals surface area contributed by atoms with Crippen molar-refractivity contribution in [3.8, 4) is 5.75 Å². The third-order valence-electron chi connectivity index (χ3n) is 3.90. The van der Waals surface area contributed by atoms with Crippen LogP contribution in [0, 0.1) is 6.92 Å². The van der Waals surface area contributed by atoms with Crippen molar-refractivity contribution in [2.75, 3.05) is 26.2 Å². The Morgan fingerprint density at radius 1 is 1.21 bits per heavy atom. The molecule has 0 aliphatic carbocycles. The lowest BCUT2D eigenvalue weighted by atomic mass is 10.3. The summed E-state index contributed by atoms with van der Waals surface area (Å²) in [6.45, 7) is 11.4. The Labute approximate surface area is 201 Å². The first kappa shape index (κ1) is 31.5. The standard InChI is InChI=1S/C12H18NO4P.C5H6N2O2.C4H8O.C2H6/c1-3-16-12(15)10(2)13-18(9-14)17-11-7-5-4-6-8-11;1-3-2-6-5(9)7-4(3)8;1-2-4-5-3-1;1-2/h4-8,10,13-14H,3,9H2,1-2H3;2H,1H3,(H2,6,7,8,9);1-4H2;1-2H3. The van der Waals surface area contributed by atoms with Crippen LogP contribution >= 0.6 is 8.30 Å². The predicted molar refractivity (Wildman–Crippen MR) is 134 cm³/mol. The van der Waals surface area contributed by atoms with Gasteiger partial charge in [0.05, 0.1) is 6.61 Å². The Kier molecular flexibility index (Phi) is 18.4. The first-order valence-electron chi connectivity index (χ1n) is 11.3. The maximum absolute atomic E-state index is 11.4. The van der Waals surface area contributed by atoms with Crippen molar-refractivity contribution in [1.29, 1.82) is 0 Å². The van der Waals surface area contributed by atoms with Gasteiger partial charge >= 0.3 is 11.7 Å². The Morgan fingerprint density at radius 2 is 1.82 bits per heavy atom. The number of carbonyl (C=O) groups is 1. The average molecular weight is 500 g/mol. The number of aromatic amines is 2. The minimum atomic E-state index is -1.31. The molecule has 4 N–H and O–H groups in total. The summed E-state index contributed by atoms with van der Waals surface area (Å²) in [7, 11) is -1.31. The maximum Gasteiger partial charge on any atom is 0.325 e. The van der Waals surface area contributed by atoms with E-state index in [9.17, 15) is 19.5 Å². The van der Waals surface area contributed by atoms with Crippen LogP contribution in [0.5, 0.6) is 5.75 Å². The number of hydrogen-bond acceptors (Lipinski definition) is 8. The van der Waals surface area contributed by atoms with Crippen molar-refractivity contribution in [2.45, 2.75) is 53.5 Å². The number of para-hydroxylation sites is 1. The zero-order chi connectivity index (χ0) is 25.8. The van der Waals surface area contributed by atoms with Crippen LogP contribution in [0.2, 0.25) is 0 Å². The summed E-state index contributed by atoms with van der Waals surface area (Å²) in [5, 5.41) is 12.2. The summed E-state index contributed by atoms with van der Waals surface area (Å²) in [6, 6.07) is 8.64. The molecule has 1 saturated heterocycles. The van der Waals surface area contributed by atoms with Gasteiger partial charge in [-0.25, -0.2) is 9.88 Å². The number of rotatable bonds is 7. The molecule has 3 rings (SSSR count). The van der Waals surface area contributed by atoms with Gasteiger partial charge in [0.1, 0.15) is 18.1 Å². The molecule has 0 spiro atoms. The van der Waals surface area contributed by atoms with E-state index >= 15 is 0 Å². The van der Waals surface area contributed by atoms with Crippen molar-refractivity contribution < 1.29 is 23.9 Å². The van der Waals surface area contributed by atoms with Gasteiger partial charge in [0.2, 0.25) is 0 Å². The monoisotopic (exact) mass is 499 g/mol. The van der Waals surface area contributed by atoms with Crippen LogP contribution in [0.1, 0.15) is 46.1 Å². The van der Waals surface area contributed by atoms with Gasteiger partial charge in [-0.05, 0) is 45.7 Å². The van der Waals surface area contributed by atoms with Crippen LogP contribution in [0.4, 0.5) is 0 Å². The third kappa shape index (κ3) is 14.6. The summed E-state index contributed by atoms with van der Waals surface area (Å²) < 4.78 is 15.4. The number of nitrogens with one attached hydrogen (secondary N) is 3. The van der Waals surface area contributed by atoms with Gasteiger partial charge in [0.25, 0.3) is 5.56 Å². The van der Waals surface area contributed by atoms with Gasteiger partial charge in [-0.3, -0.25) is 14.6 Å². The molecule has 34 heavy (non-hydrogen) atoms. The van der Waals surface area contributed by atoms with E-state index < -0.39 is 20.0 Å². The highest BCUT2D eigenvalue weighted by atomic mass is 31.2. The minimum Gasteiger partial charge on any atom is -0.465 e. The van der Waals surface area contributed by atoms with E-state index in [0.29, 0.717) is 17.9 Å². The summed E-state index contributed by atoms with van der Waals surface area (Å²) in [5.41, 5.74) is -0.293. The van der Waals surface area contributed by atoms with E-state index in [-0.39, 0.29) is 17.9 Å². The van der Waals surface area contributed by atoms with E-state index in [4.69, 9.17) is 14.0 Å². The lowest BCUT2D eigenvalue weighted by molar-refractivity contribution is -0.144. The van der Waals surface area contributed by atoms with Gasteiger partial charge in [0, 0.05) is 25.0 Å². The molecule has 1 aromatic carbocycles. The van der Waals surface area contributed by atoms with E-state index in [2.05, 4.69) is 15.1 Å². The second kappa shape index (κ2) is 19.9. The fourth-order valence-corrected chi connectivity index (χ4v) is 3.33. The molecule has 1 aromatic heterocycles. The topological polar surface area (TPSA) is 143 Å². The fourth-order valence-electron chi connectivity index (χ4n) is 2.23. The van der Waals surface area contributed by atoms with Crippen LogP contribution in [0.3, 0.4) is 0 Å². The molecule has 2 aromatic rings. The third-order valence-corrected chi connectivity index (χ3v) is 5.26. The largest absolute Gasteiger partial charge is 0.465 e. The fraction of sp³-hybridized carbons (Fsp3) is 0.522. The highest BCUT2D eigenvalue weighted by molar-refractivity contribution is 7.50. The summed E-state index contributed by atoms with van der Waals surface area (Å²) in [5.74, 6) is 0.302. The molecule has 192 valence electrons. The van der Waals surface area contributed by atoms with Crippen molar-refractivity contribution in [3.63, 3.8) is 0 Å². The van der Waals surface area contributed by atoms with Crippen LogP contribution in [-0.4, -0.2) is 53.3 Å². The molecule has 1 aliphatic rings. The molecule has 0 amide bonds. The summed E-state index contributed by atoms with van der Waals surface area (Å²) in [4.78, 5) is 36.7. The molecular weight excluding hydrogens is 461 g/mol. The highest BCUT2D eigenvalue weighted by Gasteiger charge is 2.20. The number of hydrogen-bond donors (Lipinski definition) is 4. The lowest BCUT2D eigenvalue weighted by Gasteiger charge is -2.20. The highest BCUT2D eigenvalue weighted by Crippen LogP contribution is 2.33. The van der Waals surface area contributed by atoms with Gasteiger partial charge in [-0.15, -0.1) is 0 Å². The molecule has 0 saturated carbocycles. The summed E-state index contributed by atoms with van der Waals surface area (Å²) in [6.07, 6.45) is 3.76. The van der Waals surface area contributed by atoms with E-state index in [0.717, 1.165) is 13.2 Å². The summed E-state index contributed by atoms with van der Waals surface area (Å²) >= 11 is 0. The number of carbonyl (C=O) groups excluding carboxylic acids is 1. The SMILES string of the molecule is C1CCOC1.CC.CCOC(=O)C(C)NP(CO)Oc1ccccc1.Cc1c[nH]c(=O)[nH]c1=O. The number of aliphatic hydroxyl groups excluding tert-OH is 1. The molecule has 1 fully saturated rings. The molecule has 2 atom stereocenters. The van der Waals surface area contributed by atoms with E-state index in [1.807, 2.05) is 32.0 Å². The van der Waals surface area contributed by atoms with E-state index in [1.54, 1.807) is 32.9 Å². The molecule has 10 nitrogen and oxygen atoms in total. The smallest absolute Gasteiger partial charge is 0.325 e. The molecule has 0 bridgehead atoms. The number of benzene rings is 1. The van der Waals surface area contributed by atoms with E-state index in [1.165, 1.54) is 19.0 Å². The molecule has 1 aliphatic heterocycles. The molecular formula is C23H38N3O7P. The van der Waals surface area contributed by atoms with Crippen molar-refractivity contribution in [3.05, 3.63) is 62.9 Å². The van der Waals surface area contributed by atoms with Crippen molar-refractivity contribution in [1.82, 2.24) is 15.1 Å². The quantitative estimate of drug-likeness (QED) is 0.336.